The third kappa shape index (κ3) is 59.9. The Labute approximate surface area is 138 Å². The number of aliphatic hydroxyl groups is 1. The van der Waals surface area contributed by atoms with Crippen LogP contribution in [0.4, 0.5) is 0 Å². The van der Waals surface area contributed by atoms with Gasteiger partial charge in [-0.1, -0.05) is 90.9 Å². The third-order valence-corrected chi connectivity index (χ3v) is 2.96. The molecule has 22 heavy (non-hydrogen) atoms. The Balaban J connectivity index is -0.000000373. The minimum absolute atomic E-state index is 0.250. The van der Waals surface area contributed by atoms with Gasteiger partial charge < -0.3 is 5.11 Å². The molecule has 0 saturated heterocycles. The Kier molecular flexibility index (Phi) is 28.1. The number of hydrogen-bond acceptors (Lipinski definition) is 3. The molecule has 138 valence electrons. The summed E-state index contributed by atoms with van der Waals surface area (Å²) >= 11 is 0. The lowest BCUT2D eigenvalue weighted by Crippen LogP contribution is -1.89. The van der Waals surface area contributed by atoms with Gasteiger partial charge in [0.15, 0.2) is 0 Å². The fourth-order valence-electron chi connectivity index (χ4n) is 1.91. The highest BCUT2D eigenvalue weighted by Crippen LogP contribution is 2.11. The molecule has 0 aromatic carbocycles. The van der Waals surface area contributed by atoms with Crippen LogP contribution in [0.2, 0.25) is 0 Å². The molecule has 6 heteroatoms. The van der Waals surface area contributed by atoms with Gasteiger partial charge in [-0.05, 0) is 6.92 Å². The van der Waals surface area contributed by atoms with Gasteiger partial charge in [-0.3, -0.25) is 9.11 Å². The van der Waals surface area contributed by atoms with Crippen LogP contribution in [-0.2, 0) is 10.4 Å². The smallest absolute Gasteiger partial charge is 0.394 e. The van der Waals surface area contributed by atoms with Crippen LogP contribution in [0.3, 0.4) is 0 Å². The van der Waals surface area contributed by atoms with E-state index in [0.717, 1.165) is 0 Å². The van der Waals surface area contributed by atoms with E-state index in [1.54, 1.807) is 6.92 Å². The fraction of sp³-hybridized carbons (Fsp3) is 1.00. The molecule has 3 N–H and O–H groups in total. The average molecular weight is 343 g/mol. The summed E-state index contributed by atoms with van der Waals surface area (Å²) in [6, 6.07) is 0. The van der Waals surface area contributed by atoms with Gasteiger partial charge in [0.1, 0.15) is 0 Å². The van der Waals surface area contributed by atoms with Crippen LogP contribution in [0.25, 0.3) is 0 Å². The standard InChI is InChI=1S/C14H30.C2H6O.H2O4S/c1-3-5-7-9-11-13-14-12-10-8-6-4-2;1-2-3;1-5(2,3)4/h3-14H2,1-2H3;3H,2H2,1H3;(H2,1,2,3,4). The van der Waals surface area contributed by atoms with Crippen molar-refractivity contribution in [1.29, 1.82) is 0 Å². The molecule has 0 rings (SSSR count). The van der Waals surface area contributed by atoms with Crippen molar-refractivity contribution < 1.29 is 22.6 Å². The lowest BCUT2D eigenvalue weighted by molar-refractivity contribution is 0.318. The zero-order chi connectivity index (χ0) is 17.7. The van der Waals surface area contributed by atoms with Gasteiger partial charge in [0.25, 0.3) is 0 Å². The maximum absolute atomic E-state index is 8.74. The predicted octanol–water partition coefficient (Wildman–Crippen LogP) is 5.05. The summed E-state index contributed by atoms with van der Waals surface area (Å²) in [7, 11) is -4.67. The van der Waals surface area contributed by atoms with E-state index in [1.165, 1.54) is 77.0 Å². The summed E-state index contributed by atoms with van der Waals surface area (Å²) < 4.78 is 31.6. The maximum atomic E-state index is 8.74. The molecular formula is C16H38O5S. The highest BCUT2D eigenvalue weighted by Gasteiger charge is 1.91. The van der Waals surface area contributed by atoms with Gasteiger partial charge in [-0.25, -0.2) is 0 Å². The van der Waals surface area contributed by atoms with Gasteiger partial charge in [0, 0.05) is 6.61 Å². The minimum Gasteiger partial charge on any atom is -0.397 e. The molecule has 0 spiro atoms. The van der Waals surface area contributed by atoms with Crippen molar-refractivity contribution >= 4 is 10.4 Å². The SMILES string of the molecule is CCCCCCCCCCCCCC.CCO.O=S(=O)(O)O. The van der Waals surface area contributed by atoms with Crippen LogP contribution in [0.15, 0.2) is 0 Å². The highest BCUT2D eigenvalue weighted by molar-refractivity contribution is 7.79. The first-order chi connectivity index (χ1) is 10.3. The first kappa shape index (κ1) is 26.7. The molecule has 0 amide bonds. The summed E-state index contributed by atoms with van der Waals surface area (Å²) in [6.45, 7) is 6.50. The van der Waals surface area contributed by atoms with Crippen molar-refractivity contribution in [2.45, 2.75) is 97.8 Å². The second-order valence-corrected chi connectivity index (χ2v) is 6.20. The highest BCUT2D eigenvalue weighted by atomic mass is 32.3. The summed E-state index contributed by atoms with van der Waals surface area (Å²) in [5, 5.41) is 7.57. The molecule has 0 saturated carbocycles. The Bertz CT molecular complexity index is 246. The molecule has 0 radical (unpaired) electrons. The zero-order valence-electron chi connectivity index (χ0n) is 14.8. The molecule has 0 aromatic heterocycles. The van der Waals surface area contributed by atoms with Crippen LogP contribution in [-0.4, -0.2) is 29.2 Å². The topological polar surface area (TPSA) is 94.8 Å². The molecule has 0 fully saturated rings. The third-order valence-electron chi connectivity index (χ3n) is 2.96. The normalized spacial score (nSPS) is 10.3. The average Bonchev–Trinajstić information content (AvgIpc) is 2.40. The van der Waals surface area contributed by atoms with Crippen LogP contribution >= 0.6 is 0 Å². The van der Waals surface area contributed by atoms with Gasteiger partial charge in [-0.2, -0.15) is 8.42 Å². The molecule has 0 atom stereocenters. The molecule has 5 nitrogen and oxygen atoms in total. The number of aliphatic hydroxyl groups excluding tert-OH is 1. The Morgan fingerprint density at radius 3 is 0.864 bits per heavy atom. The Morgan fingerprint density at radius 1 is 0.591 bits per heavy atom. The summed E-state index contributed by atoms with van der Waals surface area (Å²) in [5.74, 6) is 0. The van der Waals surface area contributed by atoms with Crippen molar-refractivity contribution in [2.75, 3.05) is 6.61 Å². The van der Waals surface area contributed by atoms with Crippen LogP contribution in [0.5, 0.6) is 0 Å². The van der Waals surface area contributed by atoms with Gasteiger partial charge in [0.05, 0.1) is 0 Å². The largest absolute Gasteiger partial charge is 0.397 e. The van der Waals surface area contributed by atoms with Crippen molar-refractivity contribution in [3.05, 3.63) is 0 Å². The molecule has 0 aromatic rings. The van der Waals surface area contributed by atoms with Crippen LogP contribution < -0.4 is 0 Å². The van der Waals surface area contributed by atoms with E-state index in [0.29, 0.717) is 0 Å². The second-order valence-electron chi connectivity index (χ2n) is 5.30. The molecule has 0 bridgehead atoms. The van der Waals surface area contributed by atoms with Crippen molar-refractivity contribution in [1.82, 2.24) is 0 Å². The second kappa shape index (κ2) is 23.1. The van der Waals surface area contributed by atoms with Crippen molar-refractivity contribution in [3.8, 4) is 0 Å². The zero-order valence-corrected chi connectivity index (χ0v) is 15.6. The van der Waals surface area contributed by atoms with Crippen molar-refractivity contribution in [2.24, 2.45) is 0 Å². The lowest BCUT2D eigenvalue weighted by Gasteiger charge is -2.01. The van der Waals surface area contributed by atoms with Gasteiger partial charge in [-0.15, -0.1) is 0 Å². The fourth-order valence-corrected chi connectivity index (χ4v) is 1.91. The van der Waals surface area contributed by atoms with Crippen LogP contribution in [0, 0.1) is 0 Å². The van der Waals surface area contributed by atoms with E-state index in [9.17, 15) is 0 Å². The molecule has 0 aliphatic heterocycles. The molecule has 0 aliphatic rings. The molecule has 0 heterocycles. The number of rotatable bonds is 11. The summed E-state index contributed by atoms with van der Waals surface area (Å²) in [6.07, 6.45) is 17.4. The number of unbranched alkanes of at least 4 members (excludes halogenated alkanes) is 11. The Morgan fingerprint density at radius 2 is 0.727 bits per heavy atom. The first-order valence-corrected chi connectivity index (χ1v) is 10.0. The van der Waals surface area contributed by atoms with E-state index in [4.69, 9.17) is 22.6 Å². The minimum atomic E-state index is -4.67. The first-order valence-electron chi connectivity index (χ1n) is 8.64. The van der Waals surface area contributed by atoms with E-state index in [-0.39, 0.29) is 6.61 Å². The quantitative estimate of drug-likeness (QED) is 0.360. The summed E-state index contributed by atoms with van der Waals surface area (Å²) in [4.78, 5) is 0. The maximum Gasteiger partial charge on any atom is 0.394 e. The van der Waals surface area contributed by atoms with E-state index >= 15 is 0 Å². The van der Waals surface area contributed by atoms with Crippen LogP contribution in [0.1, 0.15) is 97.8 Å². The van der Waals surface area contributed by atoms with Gasteiger partial charge in [0.2, 0.25) is 0 Å². The molecule has 0 unspecified atom stereocenters. The van der Waals surface area contributed by atoms with Crippen molar-refractivity contribution in [3.63, 3.8) is 0 Å². The lowest BCUT2D eigenvalue weighted by atomic mass is 10.1. The Hall–Kier alpha value is -0.170. The number of hydrogen-bond donors (Lipinski definition) is 3. The predicted molar refractivity (Wildman–Crippen MR) is 93.7 cm³/mol. The molecular weight excluding hydrogens is 304 g/mol. The van der Waals surface area contributed by atoms with Gasteiger partial charge >= 0.3 is 10.4 Å². The molecule has 0 aliphatic carbocycles. The van der Waals surface area contributed by atoms with E-state index in [1.807, 2.05) is 0 Å². The van der Waals surface area contributed by atoms with E-state index < -0.39 is 10.4 Å². The monoisotopic (exact) mass is 342 g/mol. The summed E-state index contributed by atoms with van der Waals surface area (Å²) in [5.41, 5.74) is 0. The van der Waals surface area contributed by atoms with E-state index in [2.05, 4.69) is 13.8 Å².